The third kappa shape index (κ3) is 6.73. The highest BCUT2D eigenvalue weighted by molar-refractivity contribution is 8.09. The molecule has 0 radical (unpaired) electrons. The smallest absolute Gasteiger partial charge is 0.249 e. The number of hydrogen-bond donors (Lipinski definition) is 2. The zero-order valence-electron chi connectivity index (χ0n) is 12.1. The highest BCUT2D eigenvalue weighted by Crippen LogP contribution is 2.25. The van der Waals surface area contributed by atoms with Gasteiger partial charge in [0.25, 0.3) is 0 Å². The molecule has 0 aliphatic rings. The lowest BCUT2D eigenvalue weighted by Gasteiger charge is -2.11. The maximum absolute atomic E-state index is 12.1. The summed E-state index contributed by atoms with van der Waals surface area (Å²) in [6, 6.07) is 7.98. The van der Waals surface area contributed by atoms with Gasteiger partial charge in [-0.15, -0.1) is 0 Å². The summed E-state index contributed by atoms with van der Waals surface area (Å²) in [7, 11) is -8.50. The molecule has 0 fully saturated rings. The van der Waals surface area contributed by atoms with E-state index in [0.717, 1.165) is 0 Å². The van der Waals surface area contributed by atoms with Gasteiger partial charge in [0, 0.05) is 20.1 Å². The first-order valence-electron chi connectivity index (χ1n) is 6.37. The summed E-state index contributed by atoms with van der Waals surface area (Å²) in [5.41, 5.74) is 0.0806. The Morgan fingerprint density at radius 1 is 0.600 bits per heavy atom. The van der Waals surface area contributed by atoms with Gasteiger partial charge in [-0.05, 0) is 36.4 Å². The summed E-state index contributed by atoms with van der Waals surface area (Å²) in [6.45, 7) is 0. The molecule has 2 aromatic carbocycles. The molecule has 0 heterocycles. The van der Waals surface area contributed by atoms with Crippen molar-refractivity contribution < 1.29 is 16.8 Å². The largest absolute Gasteiger partial charge is 0.283 e. The van der Waals surface area contributed by atoms with Crippen LogP contribution in [0.1, 0.15) is 0 Å². The molecule has 0 aliphatic heterocycles. The number of halogens is 4. The van der Waals surface area contributed by atoms with E-state index in [-0.39, 0.29) is 31.5 Å². The van der Waals surface area contributed by atoms with Crippen LogP contribution in [0.2, 0.25) is 20.1 Å². The molecule has 2 rings (SSSR count). The molecule has 6 nitrogen and oxygen atoms in total. The molecule has 0 bridgehead atoms. The second-order valence-corrected chi connectivity index (χ2v) is 10.4. The van der Waals surface area contributed by atoms with E-state index < -0.39 is 25.1 Å². The molecule has 2 N–H and O–H groups in total. The second kappa shape index (κ2) is 7.77. The van der Waals surface area contributed by atoms with Crippen LogP contribution in [-0.2, 0) is 20.0 Å². The summed E-state index contributed by atoms with van der Waals surface area (Å²) in [5, 5.41) is -0.451. The predicted molar refractivity (Wildman–Crippen MR) is 103 cm³/mol. The van der Waals surface area contributed by atoms with E-state index in [0.29, 0.717) is 0 Å². The molecule has 2 aromatic rings. The van der Waals surface area contributed by atoms with Crippen LogP contribution in [0.15, 0.2) is 36.4 Å². The molecule has 0 atom stereocenters. The molecule has 136 valence electrons. The van der Waals surface area contributed by atoms with E-state index in [9.17, 15) is 16.8 Å². The summed E-state index contributed by atoms with van der Waals surface area (Å²) in [4.78, 5) is 0. The first-order chi connectivity index (χ1) is 11.4. The van der Waals surface area contributed by atoms with E-state index >= 15 is 0 Å². The molecule has 0 aromatic heterocycles. The van der Waals surface area contributed by atoms with Crippen LogP contribution in [-0.4, -0.2) is 21.9 Å². The molecular formula is C13H10Cl4N2O4S2. The van der Waals surface area contributed by atoms with Gasteiger partial charge in [0.05, 0.1) is 11.4 Å². The fourth-order valence-electron chi connectivity index (χ4n) is 1.85. The third-order valence-electron chi connectivity index (χ3n) is 2.58. The highest BCUT2D eigenvalue weighted by Gasteiger charge is 2.23. The first kappa shape index (κ1) is 20.4. The van der Waals surface area contributed by atoms with Crippen molar-refractivity contribution in [1.29, 1.82) is 0 Å². The maximum atomic E-state index is 12.1. The van der Waals surface area contributed by atoms with Crippen molar-refractivity contribution in [2.75, 3.05) is 14.5 Å². The van der Waals surface area contributed by atoms with Crippen LogP contribution in [0.4, 0.5) is 11.4 Å². The molecule has 25 heavy (non-hydrogen) atoms. The van der Waals surface area contributed by atoms with Crippen molar-refractivity contribution in [2.45, 2.75) is 0 Å². The minimum absolute atomic E-state index is 0.0403. The van der Waals surface area contributed by atoms with Crippen LogP contribution < -0.4 is 9.44 Å². The lowest BCUT2D eigenvalue weighted by Crippen LogP contribution is -2.27. The maximum Gasteiger partial charge on any atom is 0.249 e. The number of benzene rings is 2. The molecule has 0 aliphatic carbocycles. The van der Waals surface area contributed by atoms with E-state index in [2.05, 4.69) is 9.44 Å². The number of anilines is 2. The van der Waals surface area contributed by atoms with Gasteiger partial charge in [-0.1, -0.05) is 46.4 Å². The third-order valence-corrected chi connectivity index (χ3v) is 7.03. The normalized spacial score (nSPS) is 12.0. The van der Waals surface area contributed by atoms with Gasteiger partial charge < -0.3 is 0 Å². The average molecular weight is 464 g/mol. The van der Waals surface area contributed by atoms with E-state index in [1.807, 2.05) is 0 Å². The first-order valence-corrected chi connectivity index (χ1v) is 11.2. The summed E-state index contributed by atoms with van der Waals surface area (Å²) in [6.07, 6.45) is 0. The highest BCUT2D eigenvalue weighted by atomic mass is 35.5. The van der Waals surface area contributed by atoms with Crippen LogP contribution >= 0.6 is 46.4 Å². The molecule has 12 heteroatoms. The van der Waals surface area contributed by atoms with Gasteiger partial charge in [0.2, 0.25) is 20.0 Å². The lowest BCUT2D eigenvalue weighted by molar-refractivity contribution is 0.594. The van der Waals surface area contributed by atoms with Gasteiger partial charge in [0.15, 0.2) is 5.08 Å². The quantitative estimate of drug-likeness (QED) is 0.662. The molecule has 0 saturated carbocycles. The van der Waals surface area contributed by atoms with Crippen molar-refractivity contribution in [2.24, 2.45) is 0 Å². The Kier molecular flexibility index (Phi) is 6.35. The Hall–Kier alpha value is -0.900. The van der Waals surface area contributed by atoms with Crippen molar-refractivity contribution in [1.82, 2.24) is 0 Å². The number of hydrogen-bond acceptors (Lipinski definition) is 4. The molecule has 0 amide bonds. The standard InChI is InChI=1S/C13H10Cl4N2O4S2/c14-8-1-9(15)4-12(3-8)18-24(20,21)7-25(22,23)19-13-5-10(16)2-11(17)6-13/h1-6,18-19H,7H2. The monoisotopic (exact) mass is 462 g/mol. The Morgan fingerprint density at radius 2 is 0.880 bits per heavy atom. The average Bonchev–Trinajstić information content (AvgIpc) is 2.31. The van der Waals surface area contributed by atoms with Crippen molar-refractivity contribution in [3.8, 4) is 0 Å². The molecule has 0 saturated heterocycles. The van der Waals surface area contributed by atoms with Gasteiger partial charge in [-0.3, -0.25) is 9.44 Å². The Morgan fingerprint density at radius 3 is 1.16 bits per heavy atom. The molecule has 0 unspecified atom stereocenters. The fourth-order valence-corrected chi connectivity index (χ4v) is 5.96. The van der Waals surface area contributed by atoms with Crippen LogP contribution in [0.5, 0.6) is 0 Å². The summed E-state index contributed by atoms with van der Waals surface area (Å²) >= 11 is 23.1. The van der Waals surface area contributed by atoms with E-state index in [4.69, 9.17) is 46.4 Å². The summed E-state index contributed by atoms with van der Waals surface area (Å²) in [5.74, 6) is 0. The predicted octanol–water partition coefficient (Wildman–Crippen LogP) is 4.44. The zero-order chi connectivity index (χ0) is 18.8. The van der Waals surface area contributed by atoms with Crippen LogP contribution in [0.25, 0.3) is 0 Å². The van der Waals surface area contributed by atoms with E-state index in [1.165, 1.54) is 36.4 Å². The second-order valence-electron chi connectivity index (χ2n) is 4.87. The minimum Gasteiger partial charge on any atom is -0.283 e. The van der Waals surface area contributed by atoms with Gasteiger partial charge >= 0.3 is 0 Å². The van der Waals surface area contributed by atoms with Crippen LogP contribution in [0, 0.1) is 0 Å². The van der Waals surface area contributed by atoms with Gasteiger partial charge in [-0.2, -0.15) is 0 Å². The topological polar surface area (TPSA) is 92.3 Å². The lowest BCUT2D eigenvalue weighted by atomic mass is 10.3. The molecule has 0 spiro atoms. The Bertz CT molecular complexity index is 889. The number of sulfonamides is 2. The van der Waals surface area contributed by atoms with Gasteiger partial charge in [-0.25, -0.2) is 16.8 Å². The van der Waals surface area contributed by atoms with Crippen LogP contribution in [0.3, 0.4) is 0 Å². The zero-order valence-corrected chi connectivity index (χ0v) is 16.8. The Labute approximate surface area is 165 Å². The van der Waals surface area contributed by atoms with Crippen molar-refractivity contribution in [3.63, 3.8) is 0 Å². The summed E-state index contributed by atoms with van der Waals surface area (Å²) < 4.78 is 52.6. The van der Waals surface area contributed by atoms with Crippen molar-refractivity contribution in [3.05, 3.63) is 56.5 Å². The SMILES string of the molecule is O=S(=O)(CS(=O)(=O)Nc1cc(Cl)cc(Cl)c1)Nc1cc(Cl)cc(Cl)c1. The van der Waals surface area contributed by atoms with Gasteiger partial charge in [0.1, 0.15) is 0 Å². The minimum atomic E-state index is -4.25. The van der Waals surface area contributed by atoms with Crippen molar-refractivity contribution >= 4 is 77.8 Å². The fraction of sp³-hybridized carbons (Fsp3) is 0.0769. The number of rotatable bonds is 6. The Balaban J connectivity index is 2.17. The number of nitrogens with one attached hydrogen (secondary N) is 2. The molecular weight excluding hydrogens is 454 g/mol. The van der Waals surface area contributed by atoms with E-state index in [1.54, 1.807) is 0 Å².